The number of rotatable bonds is 8. The molecule has 0 aromatic heterocycles. The summed E-state index contributed by atoms with van der Waals surface area (Å²) < 4.78 is 5.13. The topological polar surface area (TPSA) is 29.5 Å². The number of nitrogens with zero attached hydrogens (tertiary/aromatic N) is 1. The molecule has 0 heterocycles. The normalized spacial score (nSPS) is 10.6. The van der Waals surface area contributed by atoms with Crippen molar-refractivity contribution in [1.82, 2.24) is 4.90 Å². The van der Waals surface area contributed by atoms with Gasteiger partial charge in [0, 0.05) is 13.1 Å². The minimum atomic E-state index is -0.220. The monoisotopic (exact) mass is 357 g/mol. The maximum atomic E-state index is 11.6. The number of amides is 1. The largest absolute Gasteiger partial charge is 0.450 e. The van der Waals surface area contributed by atoms with Gasteiger partial charge in [0.05, 0.1) is 10.3 Å². The molecule has 0 bridgehead atoms. The molecule has 0 rings (SSSR count). The van der Waals surface area contributed by atoms with Crippen molar-refractivity contribution < 1.29 is 9.53 Å². The molecule has 0 saturated carbocycles. The van der Waals surface area contributed by atoms with Gasteiger partial charge in [-0.15, -0.1) is 0 Å². The second-order valence-corrected chi connectivity index (χ2v) is 7.04. The van der Waals surface area contributed by atoms with Crippen molar-refractivity contribution in [2.45, 2.75) is 43.3 Å². The Kier molecular flexibility index (Phi) is 10.5. The van der Waals surface area contributed by atoms with E-state index in [2.05, 4.69) is 38.8 Å². The first-order valence-electron chi connectivity index (χ1n) is 5.81. The number of carbonyl (C=O) groups excluding carboxylic acids is 1. The molecule has 0 radical (unpaired) electrons. The van der Waals surface area contributed by atoms with Crippen LogP contribution in [0, 0.1) is 0 Å². The Morgan fingerprint density at radius 2 is 1.94 bits per heavy atom. The van der Waals surface area contributed by atoms with E-state index in [9.17, 15) is 4.79 Å². The Balaban J connectivity index is 3.94. The highest BCUT2D eigenvalue weighted by Gasteiger charge is 2.16. The van der Waals surface area contributed by atoms with Crippen LogP contribution in [0.15, 0.2) is 0 Å². The van der Waals surface area contributed by atoms with Crippen molar-refractivity contribution in [3.8, 4) is 0 Å². The van der Waals surface area contributed by atoms with E-state index < -0.39 is 0 Å². The van der Waals surface area contributed by atoms with Crippen molar-refractivity contribution in [2.75, 3.05) is 19.7 Å². The Bertz CT molecular complexity index is 189. The van der Waals surface area contributed by atoms with Crippen molar-refractivity contribution in [1.29, 1.82) is 0 Å². The van der Waals surface area contributed by atoms with Gasteiger partial charge < -0.3 is 9.64 Å². The average molecular weight is 359 g/mol. The molecule has 0 fully saturated rings. The molecule has 16 heavy (non-hydrogen) atoms. The number of hydrogen-bond donors (Lipinski definition) is 0. The van der Waals surface area contributed by atoms with E-state index >= 15 is 0 Å². The van der Waals surface area contributed by atoms with Crippen LogP contribution in [0.1, 0.15) is 39.5 Å². The molecular formula is C11H21Br2NO2. The number of hydrogen-bond acceptors (Lipinski definition) is 2. The molecular weight excluding hydrogens is 338 g/mol. The lowest BCUT2D eigenvalue weighted by Gasteiger charge is -2.22. The fraction of sp³-hybridized carbons (Fsp3) is 0.909. The first kappa shape index (κ1) is 16.2. The summed E-state index contributed by atoms with van der Waals surface area (Å²) in [4.78, 5) is 13.3. The number of unbranched alkanes of at least 4 members (excludes halogenated alkanes) is 3. The molecule has 96 valence electrons. The van der Waals surface area contributed by atoms with Crippen LogP contribution in [0.25, 0.3) is 0 Å². The second kappa shape index (κ2) is 10.4. The van der Waals surface area contributed by atoms with E-state index in [-0.39, 0.29) is 9.83 Å². The number of carbonyl (C=O) groups is 1. The molecule has 0 atom stereocenters. The molecule has 0 aliphatic heterocycles. The van der Waals surface area contributed by atoms with E-state index in [1.54, 1.807) is 4.90 Å². The molecule has 0 unspecified atom stereocenters. The molecule has 0 aromatic rings. The average Bonchev–Trinajstić information content (AvgIpc) is 2.22. The van der Waals surface area contributed by atoms with Gasteiger partial charge in [0.2, 0.25) is 0 Å². The Hall–Kier alpha value is 0.230. The van der Waals surface area contributed by atoms with Gasteiger partial charge in [-0.05, 0) is 13.3 Å². The highest BCUT2D eigenvalue weighted by Crippen LogP contribution is 2.12. The summed E-state index contributed by atoms with van der Waals surface area (Å²) in [5, 5.41) is 0. The predicted octanol–water partition coefficient (Wildman–Crippen LogP) is 4.14. The molecule has 0 aliphatic carbocycles. The van der Waals surface area contributed by atoms with Gasteiger partial charge in [-0.1, -0.05) is 58.0 Å². The van der Waals surface area contributed by atoms with Crippen molar-refractivity contribution in [2.24, 2.45) is 0 Å². The van der Waals surface area contributed by atoms with E-state index in [1.165, 1.54) is 19.3 Å². The summed E-state index contributed by atoms with van der Waals surface area (Å²) in [6.07, 6.45) is 4.42. The van der Waals surface area contributed by atoms with Gasteiger partial charge in [-0.3, -0.25) is 0 Å². The van der Waals surface area contributed by atoms with E-state index in [0.717, 1.165) is 13.0 Å². The smallest absolute Gasteiger partial charge is 0.409 e. The summed E-state index contributed by atoms with van der Waals surface area (Å²) >= 11 is 6.77. The van der Waals surface area contributed by atoms with Crippen LogP contribution in [-0.4, -0.2) is 34.4 Å². The standard InChI is InChI=1S/C11H21Br2NO2/c1-3-5-6-7-8-14(9-10(12)13)11(15)16-4-2/h10H,3-9H2,1-2H3. The predicted molar refractivity (Wildman–Crippen MR) is 74.4 cm³/mol. The van der Waals surface area contributed by atoms with E-state index in [0.29, 0.717) is 13.2 Å². The summed E-state index contributed by atoms with van der Waals surface area (Å²) in [6, 6.07) is 0. The van der Waals surface area contributed by atoms with Gasteiger partial charge in [0.25, 0.3) is 0 Å². The lowest BCUT2D eigenvalue weighted by molar-refractivity contribution is 0.108. The van der Waals surface area contributed by atoms with Crippen LogP contribution < -0.4 is 0 Å². The van der Waals surface area contributed by atoms with Crippen LogP contribution in [0.5, 0.6) is 0 Å². The van der Waals surface area contributed by atoms with Crippen molar-refractivity contribution >= 4 is 38.0 Å². The van der Waals surface area contributed by atoms with Crippen LogP contribution in [-0.2, 0) is 4.74 Å². The van der Waals surface area contributed by atoms with Gasteiger partial charge in [0.1, 0.15) is 0 Å². The maximum absolute atomic E-state index is 11.6. The fourth-order valence-corrected chi connectivity index (χ4v) is 2.07. The first-order valence-corrected chi connectivity index (χ1v) is 7.64. The fourth-order valence-electron chi connectivity index (χ4n) is 1.37. The van der Waals surface area contributed by atoms with Crippen LogP contribution in [0.2, 0.25) is 0 Å². The molecule has 0 spiro atoms. The van der Waals surface area contributed by atoms with Gasteiger partial charge >= 0.3 is 6.09 Å². The summed E-state index contributed by atoms with van der Waals surface area (Å²) in [5.74, 6) is 0. The van der Waals surface area contributed by atoms with Gasteiger partial charge in [0.15, 0.2) is 0 Å². The zero-order valence-electron chi connectivity index (χ0n) is 10.0. The van der Waals surface area contributed by atoms with Gasteiger partial charge in [-0.2, -0.15) is 0 Å². The molecule has 0 saturated heterocycles. The molecule has 5 heteroatoms. The minimum absolute atomic E-state index is 0.121. The zero-order chi connectivity index (χ0) is 12.4. The second-order valence-electron chi connectivity index (χ2n) is 3.60. The lowest BCUT2D eigenvalue weighted by atomic mass is 10.2. The quantitative estimate of drug-likeness (QED) is 0.482. The third-order valence-electron chi connectivity index (χ3n) is 2.17. The zero-order valence-corrected chi connectivity index (χ0v) is 13.2. The molecule has 3 nitrogen and oxygen atoms in total. The molecule has 0 aromatic carbocycles. The third kappa shape index (κ3) is 8.39. The minimum Gasteiger partial charge on any atom is -0.450 e. The molecule has 0 N–H and O–H groups in total. The first-order chi connectivity index (χ1) is 7.61. The van der Waals surface area contributed by atoms with Gasteiger partial charge in [-0.25, -0.2) is 4.79 Å². The van der Waals surface area contributed by atoms with Crippen molar-refractivity contribution in [3.63, 3.8) is 0 Å². The number of ether oxygens (including phenoxy) is 1. The summed E-state index contributed by atoms with van der Waals surface area (Å²) in [6.45, 7) is 5.83. The van der Waals surface area contributed by atoms with Crippen LogP contribution >= 0.6 is 31.9 Å². The third-order valence-corrected chi connectivity index (χ3v) is 2.75. The highest BCUT2D eigenvalue weighted by atomic mass is 79.9. The molecule has 0 aliphatic rings. The summed E-state index contributed by atoms with van der Waals surface area (Å²) in [5.41, 5.74) is 0. The highest BCUT2D eigenvalue weighted by molar-refractivity contribution is 9.24. The number of alkyl halides is 2. The SMILES string of the molecule is CCCCCCN(CC(Br)Br)C(=O)OCC. The summed E-state index contributed by atoms with van der Waals surface area (Å²) in [7, 11) is 0. The van der Waals surface area contributed by atoms with Crippen LogP contribution in [0.3, 0.4) is 0 Å². The van der Waals surface area contributed by atoms with E-state index in [4.69, 9.17) is 4.74 Å². The maximum Gasteiger partial charge on any atom is 0.409 e. The Morgan fingerprint density at radius 3 is 2.44 bits per heavy atom. The lowest BCUT2D eigenvalue weighted by Crippen LogP contribution is -2.35. The van der Waals surface area contributed by atoms with E-state index in [1.807, 2.05) is 6.92 Å². The van der Waals surface area contributed by atoms with Crippen molar-refractivity contribution in [3.05, 3.63) is 0 Å². The number of halogens is 2. The Labute approximate surface area is 115 Å². The molecule has 1 amide bonds. The Morgan fingerprint density at radius 1 is 1.25 bits per heavy atom. The van der Waals surface area contributed by atoms with Crippen LogP contribution in [0.4, 0.5) is 4.79 Å².